The van der Waals surface area contributed by atoms with Crippen LogP contribution in [0.1, 0.15) is 5.56 Å². The molecule has 2 aromatic rings. The number of anilines is 1. The number of para-hydroxylation sites is 1. The molecule has 0 aliphatic carbocycles. The Labute approximate surface area is 161 Å². The summed E-state index contributed by atoms with van der Waals surface area (Å²) in [4.78, 5) is 6.35. The summed E-state index contributed by atoms with van der Waals surface area (Å²) < 4.78 is 38.5. The molecule has 0 radical (unpaired) electrons. The lowest BCUT2D eigenvalue weighted by atomic mass is 10.1. The Bertz CT molecular complexity index is 981. The minimum absolute atomic E-state index is 0.00828. The highest BCUT2D eigenvalue weighted by Gasteiger charge is 2.47. The molecule has 0 spiro atoms. The molecule has 0 unspecified atom stereocenters. The normalized spacial score (nSPS) is 23.8. The first-order valence-corrected chi connectivity index (χ1v) is 11.3. The smallest absolute Gasteiger partial charge is 0.164 e. The van der Waals surface area contributed by atoms with Crippen LogP contribution in [0.2, 0.25) is 5.02 Å². The summed E-state index contributed by atoms with van der Waals surface area (Å²) in [7, 11) is -3.16. The van der Waals surface area contributed by atoms with Gasteiger partial charge in [0, 0.05) is 10.8 Å². The lowest BCUT2D eigenvalue weighted by molar-refractivity contribution is 0.600. The highest BCUT2D eigenvalue weighted by molar-refractivity contribution is 8.13. The van der Waals surface area contributed by atoms with Crippen LogP contribution in [0.4, 0.5) is 10.1 Å². The molecule has 2 aliphatic rings. The van der Waals surface area contributed by atoms with Crippen LogP contribution in [0, 0.1) is 5.82 Å². The fourth-order valence-corrected chi connectivity index (χ4v) is 6.57. The van der Waals surface area contributed by atoms with E-state index >= 15 is 0 Å². The van der Waals surface area contributed by atoms with Crippen molar-refractivity contribution in [2.24, 2.45) is 4.99 Å². The van der Waals surface area contributed by atoms with Crippen LogP contribution < -0.4 is 4.90 Å². The third-order valence-electron chi connectivity index (χ3n) is 4.53. The topological polar surface area (TPSA) is 49.7 Å². The summed E-state index contributed by atoms with van der Waals surface area (Å²) in [6, 6.07) is 13.2. The molecule has 8 heteroatoms. The van der Waals surface area contributed by atoms with E-state index in [1.54, 1.807) is 23.1 Å². The molecule has 136 valence electrons. The van der Waals surface area contributed by atoms with Crippen molar-refractivity contribution in [2.45, 2.75) is 17.8 Å². The van der Waals surface area contributed by atoms with Crippen molar-refractivity contribution in [1.29, 1.82) is 0 Å². The van der Waals surface area contributed by atoms with Gasteiger partial charge in [-0.3, -0.25) is 4.99 Å². The largest absolute Gasteiger partial charge is 0.312 e. The zero-order valence-electron chi connectivity index (χ0n) is 13.7. The lowest BCUT2D eigenvalue weighted by Crippen LogP contribution is -2.39. The second kappa shape index (κ2) is 6.87. The number of aliphatic imine (C=N–C) groups is 1. The first-order valence-electron chi connectivity index (χ1n) is 8.13. The maximum Gasteiger partial charge on any atom is 0.164 e. The minimum Gasteiger partial charge on any atom is -0.312 e. The van der Waals surface area contributed by atoms with E-state index in [0.29, 0.717) is 21.6 Å². The van der Waals surface area contributed by atoms with Gasteiger partial charge in [0.15, 0.2) is 15.0 Å². The van der Waals surface area contributed by atoms with Crippen LogP contribution in [0.25, 0.3) is 0 Å². The van der Waals surface area contributed by atoms with E-state index < -0.39 is 9.84 Å². The summed E-state index contributed by atoms with van der Waals surface area (Å²) in [6.45, 7) is 0. The summed E-state index contributed by atoms with van der Waals surface area (Å²) in [5.74, 6) is 0.198. The predicted molar refractivity (Wildman–Crippen MR) is 105 cm³/mol. The van der Waals surface area contributed by atoms with Gasteiger partial charge in [0.25, 0.3) is 0 Å². The van der Waals surface area contributed by atoms with Gasteiger partial charge in [-0.05, 0) is 23.8 Å². The number of halogens is 2. The molecule has 2 atom stereocenters. The average molecular weight is 411 g/mol. The average Bonchev–Trinajstić information content (AvgIpc) is 3.06. The number of thioether (sulfide) groups is 1. The molecule has 2 heterocycles. The van der Waals surface area contributed by atoms with Gasteiger partial charge in [0.1, 0.15) is 5.82 Å². The number of nitrogens with zero attached hydrogens (tertiary/aromatic N) is 2. The molecule has 2 aromatic carbocycles. The molecule has 4 nitrogen and oxygen atoms in total. The molecular weight excluding hydrogens is 395 g/mol. The number of amidine groups is 1. The van der Waals surface area contributed by atoms with E-state index in [0.717, 1.165) is 5.56 Å². The van der Waals surface area contributed by atoms with Crippen LogP contribution in [0.5, 0.6) is 0 Å². The van der Waals surface area contributed by atoms with E-state index in [4.69, 9.17) is 11.6 Å². The molecule has 0 saturated carbocycles. The molecule has 26 heavy (non-hydrogen) atoms. The predicted octanol–water partition coefficient (Wildman–Crippen LogP) is 3.75. The Hall–Kier alpha value is -1.57. The van der Waals surface area contributed by atoms with Gasteiger partial charge in [-0.2, -0.15) is 0 Å². The maximum atomic E-state index is 14.4. The lowest BCUT2D eigenvalue weighted by Gasteiger charge is -2.26. The zero-order chi connectivity index (χ0) is 18.3. The Morgan fingerprint density at radius 1 is 1.15 bits per heavy atom. The number of sulfone groups is 1. The monoisotopic (exact) mass is 410 g/mol. The highest BCUT2D eigenvalue weighted by atomic mass is 35.5. The van der Waals surface area contributed by atoms with Crippen LogP contribution in [0.3, 0.4) is 0 Å². The second-order valence-electron chi connectivity index (χ2n) is 6.32. The SMILES string of the molecule is O=S1(=O)C[C@H]2N=C(SCc3ccccc3Cl)N(c3ccccc3F)[C@H]2C1. The summed E-state index contributed by atoms with van der Waals surface area (Å²) in [5.41, 5.74) is 1.32. The fourth-order valence-electron chi connectivity index (χ4n) is 3.32. The molecule has 0 aromatic heterocycles. The summed E-state index contributed by atoms with van der Waals surface area (Å²) in [5, 5.41) is 1.30. The maximum absolute atomic E-state index is 14.4. The van der Waals surface area contributed by atoms with Crippen molar-refractivity contribution >= 4 is 44.1 Å². The molecule has 4 rings (SSSR count). The molecule has 0 amide bonds. The summed E-state index contributed by atoms with van der Waals surface area (Å²) >= 11 is 7.67. The molecule has 0 bridgehead atoms. The Kier molecular flexibility index (Phi) is 4.71. The third kappa shape index (κ3) is 3.35. The number of hydrogen-bond donors (Lipinski definition) is 0. The van der Waals surface area contributed by atoms with Crippen LogP contribution in [-0.4, -0.2) is 37.2 Å². The standard InChI is InChI=1S/C18H16ClFN2O2S2/c19-13-6-2-1-5-12(13)9-25-18-21-15-10-26(23,24)11-17(15)22(18)16-8-4-3-7-14(16)20/h1-8,15,17H,9-11H2/t15-,17+/m1/s1. The van der Waals surface area contributed by atoms with Gasteiger partial charge in [0.2, 0.25) is 0 Å². The third-order valence-corrected chi connectivity index (χ3v) is 7.62. The van der Waals surface area contributed by atoms with Crippen LogP contribution in [-0.2, 0) is 15.6 Å². The second-order valence-corrected chi connectivity index (χ2v) is 9.83. The van der Waals surface area contributed by atoms with Crippen molar-refractivity contribution in [1.82, 2.24) is 0 Å². The minimum atomic E-state index is -3.16. The number of rotatable bonds is 3. The van der Waals surface area contributed by atoms with E-state index in [1.807, 2.05) is 24.3 Å². The summed E-state index contributed by atoms with van der Waals surface area (Å²) in [6.07, 6.45) is 0. The molecule has 2 aliphatic heterocycles. The molecule has 0 N–H and O–H groups in total. The fraction of sp³-hybridized carbons (Fsp3) is 0.278. The van der Waals surface area contributed by atoms with E-state index in [9.17, 15) is 12.8 Å². The van der Waals surface area contributed by atoms with Gasteiger partial charge in [0.05, 0.1) is 29.3 Å². The van der Waals surface area contributed by atoms with Gasteiger partial charge in [-0.1, -0.05) is 53.7 Å². The number of hydrogen-bond acceptors (Lipinski definition) is 5. The van der Waals surface area contributed by atoms with Crippen molar-refractivity contribution in [3.8, 4) is 0 Å². The van der Waals surface area contributed by atoms with Crippen LogP contribution >= 0.6 is 23.4 Å². The van der Waals surface area contributed by atoms with Gasteiger partial charge < -0.3 is 4.90 Å². The number of benzene rings is 2. The Morgan fingerprint density at radius 2 is 1.88 bits per heavy atom. The Morgan fingerprint density at radius 3 is 2.65 bits per heavy atom. The quantitative estimate of drug-likeness (QED) is 0.773. The first kappa shape index (κ1) is 17.8. The van der Waals surface area contributed by atoms with E-state index in [-0.39, 0.29) is 29.4 Å². The Balaban J connectivity index is 1.65. The van der Waals surface area contributed by atoms with Gasteiger partial charge >= 0.3 is 0 Å². The van der Waals surface area contributed by atoms with Crippen molar-refractivity contribution < 1.29 is 12.8 Å². The van der Waals surface area contributed by atoms with Crippen LogP contribution in [0.15, 0.2) is 53.5 Å². The first-order chi connectivity index (χ1) is 12.4. The highest BCUT2D eigenvalue weighted by Crippen LogP contribution is 2.37. The van der Waals surface area contributed by atoms with Crippen molar-refractivity contribution in [3.63, 3.8) is 0 Å². The number of fused-ring (bicyclic) bond motifs is 1. The molecular formula is C18H16ClFN2O2S2. The van der Waals surface area contributed by atoms with E-state index in [1.165, 1.54) is 17.8 Å². The van der Waals surface area contributed by atoms with Gasteiger partial charge in [-0.15, -0.1) is 0 Å². The van der Waals surface area contributed by atoms with Crippen molar-refractivity contribution in [3.05, 3.63) is 64.9 Å². The molecule has 1 saturated heterocycles. The van der Waals surface area contributed by atoms with Crippen molar-refractivity contribution in [2.75, 3.05) is 16.4 Å². The molecule has 1 fully saturated rings. The van der Waals surface area contributed by atoms with E-state index in [2.05, 4.69) is 4.99 Å². The van der Waals surface area contributed by atoms with Gasteiger partial charge in [-0.25, -0.2) is 12.8 Å². The zero-order valence-corrected chi connectivity index (χ0v) is 16.1.